The van der Waals surface area contributed by atoms with Gasteiger partial charge in [-0.1, -0.05) is 33.8 Å². The molecule has 3 fully saturated rings. The monoisotopic (exact) mass is 508 g/mol. The van der Waals surface area contributed by atoms with E-state index in [1.807, 2.05) is 0 Å². The number of carbonyl (C=O) groups excluding carboxylic acids is 4. The van der Waals surface area contributed by atoms with E-state index in [-0.39, 0.29) is 37.7 Å². The Balaban J connectivity index is 1.87. The molecule has 0 bridgehead atoms. The van der Waals surface area contributed by atoms with Crippen LogP contribution in [0.1, 0.15) is 66.7 Å². The van der Waals surface area contributed by atoms with Gasteiger partial charge in [0.15, 0.2) is 11.5 Å². The summed E-state index contributed by atoms with van der Waals surface area (Å²) in [7, 11) is 0. The molecule has 0 unspecified atom stereocenters. The second kappa shape index (κ2) is 8.57. The molecule has 0 radical (unpaired) electrons. The number of alkyl halides is 2. The predicted molar refractivity (Wildman–Crippen MR) is 124 cm³/mol. The van der Waals surface area contributed by atoms with Crippen molar-refractivity contribution >= 4 is 23.7 Å². The molecule has 9 heteroatoms. The molecule has 0 aromatic rings. The van der Waals surface area contributed by atoms with Crippen LogP contribution in [0.5, 0.6) is 0 Å². The summed E-state index contributed by atoms with van der Waals surface area (Å²) < 4.78 is 43.8. The lowest BCUT2D eigenvalue weighted by Gasteiger charge is -2.63. The largest absolute Gasteiger partial charge is 0.446 e. The minimum atomic E-state index is -2.34. The molecule has 0 aromatic carbocycles. The lowest BCUT2D eigenvalue weighted by atomic mass is 9.44. The van der Waals surface area contributed by atoms with E-state index in [9.17, 15) is 24.3 Å². The quantitative estimate of drug-likeness (QED) is 0.456. The number of esters is 3. The molecule has 0 aliphatic heterocycles. The number of aliphatic hydroxyl groups excluding tert-OH is 1. The maximum atomic E-state index is 17.3. The zero-order valence-corrected chi connectivity index (χ0v) is 21.3. The number of halogens is 2. The van der Waals surface area contributed by atoms with Crippen molar-refractivity contribution in [3.8, 4) is 0 Å². The normalized spacial score (nSPS) is 45.2. The highest BCUT2D eigenvalue weighted by atomic mass is 19.1. The average Bonchev–Trinajstić information content (AvgIpc) is 3.04. The molecule has 1 N–H and O–H groups in total. The van der Waals surface area contributed by atoms with E-state index in [0.717, 1.165) is 6.08 Å². The number of aliphatic hydroxyl groups is 1. The molecule has 0 spiro atoms. The van der Waals surface area contributed by atoms with Crippen molar-refractivity contribution in [1.29, 1.82) is 0 Å². The van der Waals surface area contributed by atoms with Crippen molar-refractivity contribution in [2.75, 3.05) is 0 Å². The zero-order valence-electron chi connectivity index (χ0n) is 21.3. The van der Waals surface area contributed by atoms with Gasteiger partial charge in [-0.25, -0.2) is 13.6 Å². The molecule has 0 heterocycles. The van der Waals surface area contributed by atoms with Crippen LogP contribution in [0.15, 0.2) is 23.8 Å². The molecular weight excluding hydrogens is 474 g/mol. The first kappa shape index (κ1) is 26.6. The topological polar surface area (TPSA) is 107 Å². The molecule has 7 nitrogen and oxygen atoms in total. The Hall–Kier alpha value is -2.42. The summed E-state index contributed by atoms with van der Waals surface area (Å²) in [4.78, 5) is 50.2. The number of rotatable bonds is 4. The average molecular weight is 509 g/mol. The standard InChI is InChI=1S/C27H34F2O7/c1-6-21(32)35-23(34)27(36-22(33)7-2)14(3)10-16-17-12-19(28)18-11-15(30)8-9-24(18,4)26(17,29)20(31)13-25(16,27)5/h8-9,11,14,16-17,19-20,31H,6-7,10,12-13H2,1-5H3/t14-,16+,17+,19+,20+,24+,25+,26+,27+/m1/s1. The van der Waals surface area contributed by atoms with Gasteiger partial charge in [0.05, 0.1) is 6.10 Å². The van der Waals surface area contributed by atoms with E-state index in [0.29, 0.717) is 0 Å². The number of carbonyl (C=O) groups is 4. The Bertz CT molecular complexity index is 1070. The van der Waals surface area contributed by atoms with Crippen LogP contribution in [0.4, 0.5) is 8.78 Å². The fraction of sp³-hybridized carbons (Fsp3) is 0.704. The van der Waals surface area contributed by atoms with Crippen LogP contribution in [-0.2, 0) is 28.7 Å². The van der Waals surface area contributed by atoms with E-state index < -0.39 is 75.8 Å². The van der Waals surface area contributed by atoms with Gasteiger partial charge in [0.25, 0.3) is 0 Å². The third-order valence-electron chi connectivity index (χ3n) is 9.53. The summed E-state index contributed by atoms with van der Waals surface area (Å²) in [6.07, 6.45) is -0.207. The first-order valence-electron chi connectivity index (χ1n) is 12.7. The number of ether oxygens (including phenoxy) is 2. The number of ketones is 1. The Kier molecular flexibility index (Phi) is 6.34. The Labute approximate surface area is 209 Å². The van der Waals surface area contributed by atoms with E-state index in [1.54, 1.807) is 20.8 Å². The lowest BCUT2D eigenvalue weighted by Crippen LogP contribution is -2.71. The van der Waals surface area contributed by atoms with E-state index in [2.05, 4.69) is 0 Å². The number of hydrogen-bond donors (Lipinski definition) is 1. The highest BCUT2D eigenvalue weighted by Crippen LogP contribution is 2.71. The molecule has 36 heavy (non-hydrogen) atoms. The second-order valence-electron chi connectivity index (χ2n) is 11.2. The Morgan fingerprint density at radius 2 is 1.75 bits per heavy atom. The van der Waals surface area contributed by atoms with Crippen molar-refractivity contribution in [3.63, 3.8) is 0 Å². The second-order valence-corrected chi connectivity index (χ2v) is 11.2. The van der Waals surface area contributed by atoms with Gasteiger partial charge in [-0.05, 0) is 49.8 Å². The zero-order chi connectivity index (χ0) is 26.8. The van der Waals surface area contributed by atoms with Crippen molar-refractivity contribution in [3.05, 3.63) is 23.8 Å². The summed E-state index contributed by atoms with van der Waals surface area (Å²) in [5.41, 5.74) is -7.21. The fourth-order valence-electron chi connectivity index (χ4n) is 7.72. The lowest BCUT2D eigenvalue weighted by molar-refractivity contribution is -0.238. The minimum absolute atomic E-state index is 0.000857. The summed E-state index contributed by atoms with van der Waals surface area (Å²) in [6.45, 7) is 7.86. The molecule has 9 atom stereocenters. The van der Waals surface area contributed by atoms with Gasteiger partial charge in [0.1, 0.15) is 6.17 Å². The van der Waals surface area contributed by atoms with Gasteiger partial charge in [-0.3, -0.25) is 14.4 Å². The Morgan fingerprint density at radius 1 is 1.11 bits per heavy atom. The minimum Gasteiger partial charge on any atom is -0.446 e. The molecular formula is C27H34F2O7. The first-order valence-corrected chi connectivity index (χ1v) is 12.7. The van der Waals surface area contributed by atoms with Crippen LogP contribution in [0.3, 0.4) is 0 Å². The van der Waals surface area contributed by atoms with Crippen LogP contribution in [-0.4, -0.2) is 52.3 Å². The third kappa shape index (κ3) is 3.23. The molecule has 4 aliphatic carbocycles. The summed E-state index contributed by atoms with van der Waals surface area (Å²) in [5, 5.41) is 11.4. The molecule has 4 rings (SSSR count). The molecule has 4 aliphatic rings. The van der Waals surface area contributed by atoms with Gasteiger partial charge in [-0.2, -0.15) is 0 Å². The van der Waals surface area contributed by atoms with E-state index in [1.165, 1.54) is 26.0 Å². The van der Waals surface area contributed by atoms with Crippen molar-refractivity contribution < 1.29 is 42.5 Å². The van der Waals surface area contributed by atoms with Crippen molar-refractivity contribution in [1.82, 2.24) is 0 Å². The van der Waals surface area contributed by atoms with Gasteiger partial charge in [0, 0.05) is 35.5 Å². The van der Waals surface area contributed by atoms with Crippen molar-refractivity contribution in [2.24, 2.45) is 28.6 Å². The summed E-state index contributed by atoms with van der Waals surface area (Å²) in [5.74, 6) is -5.42. The smallest absolute Gasteiger partial charge is 0.359 e. The van der Waals surface area contributed by atoms with Crippen molar-refractivity contribution in [2.45, 2.75) is 90.3 Å². The van der Waals surface area contributed by atoms with Gasteiger partial charge < -0.3 is 14.6 Å². The number of fused-ring (bicyclic) bond motifs is 5. The number of hydrogen-bond acceptors (Lipinski definition) is 7. The van der Waals surface area contributed by atoms with Crippen LogP contribution in [0.25, 0.3) is 0 Å². The summed E-state index contributed by atoms with van der Waals surface area (Å²) in [6, 6.07) is 0. The maximum absolute atomic E-state index is 17.3. The highest BCUT2D eigenvalue weighted by Gasteiger charge is 2.78. The predicted octanol–water partition coefficient (Wildman–Crippen LogP) is 3.72. The molecule has 0 saturated heterocycles. The number of allylic oxidation sites excluding steroid dienone is 4. The van der Waals surface area contributed by atoms with Crippen LogP contribution in [0, 0.1) is 28.6 Å². The summed E-state index contributed by atoms with van der Waals surface area (Å²) >= 11 is 0. The van der Waals surface area contributed by atoms with Gasteiger partial charge in [0.2, 0.25) is 5.60 Å². The van der Waals surface area contributed by atoms with Crippen LogP contribution in [0.2, 0.25) is 0 Å². The van der Waals surface area contributed by atoms with Gasteiger partial charge >= 0.3 is 17.9 Å². The Morgan fingerprint density at radius 3 is 2.36 bits per heavy atom. The first-order chi connectivity index (χ1) is 16.7. The molecule has 0 aromatic heterocycles. The van der Waals surface area contributed by atoms with E-state index >= 15 is 8.78 Å². The van der Waals surface area contributed by atoms with Crippen LogP contribution < -0.4 is 0 Å². The molecule has 0 amide bonds. The van der Waals surface area contributed by atoms with Crippen LogP contribution >= 0.6 is 0 Å². The SMILES string of the molecule is CCC(=O)OC(=O)[C@@]1(OC(=O)CC)[C@H](C)C[C@H]2[C@@H]3C[C@H](F)C4=CC(=O)C=C[C@]4(C)[C@@]3(F)[C@@H](O)C[C@@]21C. The highest BCUT2D eigenvalue weighted by molar-refractivity contribution is 6.01. The third-order valence-corrected chi connectivity index (χ3v) is 9.53. The molecule has 3 saturated carbocycles. The van der Waals surface area contributed by atoms with E-state index in [4.69, 9.17) is 9.47 Å². The maximum Gasteiger partial charge on any atom is 0.359 e. The van der Waals surface area contributed by atoms with Gasteiger partial charge in [-0.15, -0.1) is 0 Å². The molecule has 198 valence electrons. The fourth-order valence-corrected chi connectivity index (χ4v) is 7.72.